The number of para-hydroxylation sites is 2. The molecule has 2 atom stereocenters. The zero-order valence-electron chi connectivity index (χ0n) is 15.9. The number of nitrogens with zero attached hydrogens (tertiary/aromatic N) is 1. The Morgan fingerprint density at radius 3 is 1.78 bits per heavy atom. The van der Waals surface area contributed by atoms with Crippen LogP contribution in [0.25, 0.3) is 0 Å². The number of hydrogen-bond acceptors (Lipinski definition) is 3. The Morgan fingerprint density at radius 1 is 0.778 bits per heavy atom. The summed E-state index contributed by atoms with van der Waals surface area (Å²) in [5.41, 5.74) is 7.29. The maximum atomic E-state index is 6.57. The molecule has 0 spiro atoms. The standard InChI is InChI=1S/C23H26N2OSi/c1-27(2)18-22(23(26-27)19-12-6-3-7-13-19)24-25(20-14-8-4-9-15-20)21-16-10-5-11-17-21/h3-17,22-24H,18H2,1-2H3/t22-,23+/m1/s1. The van der Waals surface area contributed by atoms with Gasteiger partial charge in [-0.05, 0) is 49.0 Å². The Balaban J connectivity index is 1.67. The molecule has 1 N–H and O–H groups in total. The molecule has 0 bridgehead atoms. The van der Waals surface area contributed by atoms with Crippen LogP contribution >= 0.6 is 0 Å². The van der Waals surface area contributed by atoms with Crippen LogP contribution in [0.15, 0.2) is 91.0 Å². The van der Waals surface area contributed by atoms with Crippen LogP contribution in [0, 0.1) is 0 Å². The molecule has 4 rings (SSSR count). The Kier molecular flexibility index (Phi) is 5.12. The first-order valence-corrected chi connectivity index (χ1v) is 12.6. The van der Waals surface area contributed by atoms with Crippen molar-refractivity contribution >= 4 is 19.7 Å². The van der Waals surface area contributed by atoms with Crippen molar-refractivity contribution in [3.05, 3.63) is 96.6 Å². The minimum absolute atomic E-state index is 0.0720. The van der Waals surface area contributed by atoms with Gasteiger partial charge in [0.25, 0.3) is 0 Å². The molecule has 0 unspecified atom stereocenters. The van der Waals surface area contributed by atoms with E-state index in [1.807, 2.05) is 12.1 Å². The third-order valence-corrected chi connectivity index (χ3v) is 7.29. The molecule has 138 valence electrons. The molecule has 0 amide bonds. The third kappa shape index (κ3) is 4.13. The van der Waals surface area contributed by atoms with Gasteiger partial charge in [-0.2, -0.15) is 0 Å². The van der Waals surface area contributed by atoms with Gasteiger partial charge in [-0.3, -0.25) is 5.01 Å². The summed E-state index contributed by atoms with van der Waals surface area (Å²) in [6, 6.07) is 32.8. The highest BCUT2D eigenvalue weighted by atomic mass is 28.4. The predicted octanol–water partition coefficient (Wildman–Crippen LogP) is 5.67. The summed E-state index contributed by atoms with van der Waals surface area (Å²) in [5.74, 6) is 0. The van der Waals surface area contributed by atoms with Gasteiger partial charge in [0, 0.05) is 0 Å². The molecule has 1 fully saturated rings. The normalized spacial score (nSPS) is 21.1. The van der Waals surface area contributed by atoms with E-state index in [1.165, 1.54) is 5.56 Å². The van der Waals surface area contributed by atoms with Crippen LogP contribution in [0.4, 0.5) is 11.4 Å². The summed E-state index contributed by atoms with van der Waals surface area (Å²) in [7, 11) is -1.71. The van der Waals surface area contributed by atoms with E-state index >= 15 is 0 Å². The Bertz CT molecular complexity index is 816. The smallest absolute Gasteiger partial charge is 0.189 e. The van der Waals surface area contributed by atoms with Crippen LogP contribution < -0.4 is 10.4 Å². The lowest BCUT2D eigenvalue weighted by Gasteiger charge is -2.31. The molecule has 3 aromatic carbocycles. The molecule has 1 heterocycles. The first kappa shape index (κ1) is 18.0. The zero-order chi connectivity index (χ0) is 18.7. The van der Waals surface area contributed by atoms with E-state index in [0.717, 1.165) is 17.4 Å². The average Bonchev–Trinajstić information content (AvgIpc) is 3.02. The van der Waals surface area contributed by atoms with E-state index in [0.29, 0.717) is 0 Å². The molecule has 4 heteroatoms. The minimum atomic E-state index is -1.71. The molecule has 1 aliphatic rings. The Hall–Kier alpha value is -2.40. The van der Waals surface area contributed by atoms with Gasteiger partial charge in [0.1, 0.15) is 0 Å². The quantitative estimate of drug-likeness (QED) is 0.460. The van der Waals surface area contributed by atoms with Gasteiger partial charge < -0.3 is 4.43 Å². The number of benzene rings is 3. The van der Waals surface area contributed by atoms with Gasteiger partial charge in [0.15, 0.2) is 8.32 Å². The van der Waals surface area contributed by atoms with Gasteiger partial charge in [-0.25, -0.2) is 5.43 Å². The average molecular weight is 375 g/mol. The first-order chi connectivity index (χ1) is 13.1. The van der Waals surface area contributed by atoms with Crippen LogP contribution in [-0.2, 0) is 4.43 Å². The van der Waals surface area contributed by atoms with Gasteiger partial charge in [0.05, 0.1) is 23.5 Å². The van der Waals surface area contributed by atoms with Crippen molar-refractivity contribution in [1.82, 2.24) is 5.43 Å². The highest BCUT2D eigenvalue weighted by Crippen LogP contribution is 2.39. The highest BCUT2D eigenvalue weighted by Gasteiger charge is 2.43. The number of rotatable bonds is 5. The lowest BCUT2D eigenvalue weighted by Crippen LogP contribution is -2.43. The van der Waals surface area contributed by atoms with Crippen molar-refractivity contribution in [2.45, 2.75) is 31.3 Å². The SMILES string of the molecule is C[Si]1(C)C[C@@H](NN(c2ccccc2)c2ccccc2)[C@H](c2ccccc2)O1. The minimum Gasteiger partial charge on any atom is -0.409 e. The summed E-state index contributed by atoms with van der Waals surface area (Å²) >= 11 is 0. The maximum absolute atomic E-state index is 6.57. The lowest BCUT2D eigenvalue weighted by atomic mass is 10.0. The van der Waals surface area contributed by atoms with Crippen molar-refractivity contribution < 1.29 is 4.43 Å². The zero-order valence-corrected chi connectivity index (χ0v) is 16.9. The summed E-state index contributed by atoms with van der Waals surface area (Å²) in [6.45, 7) is 4.61. The molecule has 0 saturated carbocycles. The topological polar surface area (TPSA) is 24.5 Å². The van der Waals surface area contributed by atoms with E-state index < -0.39 is 8.32 Å². The fraction of sp³-hybridized carbons (Fsp3) is 0.217. The number of nitrogens with one attached hydrogen (secondary N) is 1. The van der Waals surface area contributed by atoms with Crippen LogP contribution in [0.2, 0.25) is 19.1 Å². The summed E-state index contributed by atoms with van der Waals surface area (Å²) in [5, 5.41) is 2.19. The van der Waals surface area contributed by atoms with Crippen molar-refractivity contribution in [3.8, 4) is 0 Å². The molecular formula is C23H26N2OSi. The Morgan fingerprint density at radius 2 is 1.26 bits per heavy atom. The van der Waals surface area contributed by atoms with Crippen molar-refractivity contribution in [2.24, 2.45) is 0 Å². The summed E-state index contributed by atoms with van der Waals surface area (Å²) in [6.07, 6.45) is 0.0720. The highest BCUT2D eigenvalue weighted by molar-refractivity contribution is 6.72. The van der Waals surface area contributed by atoms with Crippen molar-refractivity contribution in [3.63, 3.8) is 0 Å². The van der Waals surface area contributed by atoms with Gasteiger partial charge >= 0.3 is 0 Å². The van der Waals surface area contributed by atoms with Crippen LogP contribution in [0.3, 0.4) is 0 Å². The second-order valence-electron chi connectivity index (χ2n) is 7.66. The number of hydrazine groups is 1. The molecular weight excluding hydrogens is 348 g/mol. The summed E-state index contributed by atoms with van der Waals surface area (Å²) < 4.78 is 6.57. The van der Waals surface area contributed by atoms with Crippen molar-refractivity contribution in [1.29, 1.82) is 0 Å². The maximum Gasteiger partial charge on any atom is 0.189 e. The molecule has 0 aromatic heterocycles. The molecule has 3 nitrogen and oxygen atoms in total. The fourth-order valence-corrected chi connectivity index (χ4v) is 6.23. The number of hydrogen-bond donors (Lipinski definition) is 1. The fourth-order valence-electron chi connectivity index (χ4n) is 3.79. The summed E-state index contributed by atoms with van der Waals surface area (Å²) in [4.78, 5) is 0. The van der Waals surface area contributed by atoms with E-state index in [4.69, 9.17) is 4.43 Å². The largest absolute Gasteiger partial charge is 0.409 e. The van der Waals surface area contributed by atoms with Crippen LogP contribution in [0.1, 0.15) is 11.7 Å². The molecule has 1 saturated heterocycles. The molecule has 0 aliphatic carbocycles. The van der Waals surface area contributed by atoms with Gasteiger partial charge in [-0.15, -0.1) is 0 Å². The molecule has 0 radical (unpaired) electrons. The first-order valence-electron chi connectivity index (χ1n) is 9.52. The lowest BCUT2D eigenvalue weighted by molar-refractivity contribution is 0.196. The van der Waals surface area contributed by atoms with E-state index in [2.05, 4.69) is 102 Å². The van der Waals surface area contributed by atoms with Crippen molar-refractivity contribution in [2.75, 3.05) is 5.01 Å². The van der Waals surface area contributed by atoms with E-state index in [9.17, 15) is 0 Å². The van der Waals surface area contributed by atoms with E-state index in [1.54, 1.807) is 0 Å². The predicted molar refractivity (Wildman–Crippen MR) is 115 cm³/mol. The number of anilines is 2. The van der Waals surface area contributed by atoms with Crippen LogP contribution in [0.5, 0.6) is 0 Å². The monoisotopic (exact) mass is 374 g/mol. The third-order valence-electron chi connectivity index (χ3n) is 4.97. The second-order valence-corrected chi connectivity index (χ2v) is 11.8. The molecule has 1 aliphatic heterocycles. The van der Waals surface area contributed by atoms with Gasteiger partial charge in [0.2, 0.25) is 0 Å². The van der Waals surface area contributed by atoms with Gasteiger partial charge in [-0.1, -0.05) is 66.7 Å². The second kappa shape index (κ2) is 7.68. The van der Waals surface area contributed by atoms with E-state index in [-0.39, 0.29) is 12.1 Å². The molecule has 27 heavy (non-hydrogen) atoms. The molecule has 3 aromatic rings. The Labute approximate surface area is 162 Å². The van der Waals surface area contributed by atoms with Crippen LogP contribution in [-0.4, -0.2) is 14.4 Å².